The molecular formula is C12H25N3O4S. The molecule has 0 unspecified atom stereocenters. The third-order valence-electron chi connectivity index (χ3n) is 3.12. The van der Waals surface area contributed by atoms with E-state index in [2.05, 4.69) is 4.72 Å². The zero-order chi connectivity index (χ0) is 15.4. The topological polar surface area (TPSA) is 102 Å². The van der Waals surface area contributed by atoms with Crippen LogP contribution in [0.15, 0.2) is 0 Å². The van der Waals surface area contributed by atoms with Gasteiger partial charge in [-0.2, -0.15) is 12.7 Å². The van der Waals surface area contributed by atoms with Crippen LogP contribution >= 0.6 is 0 Å². The lowest BCUT2D eigenvalue weighted by atomic mass is 9.98. The lowest BCUT2D eigenvalue weighted by Crippen LogP contribution is -2.51. The fraction of sp³-hybridized carbons (Fsp3) is 0.917. The highest BCUT2D eigenvalue weighted by Crippen LogP contribution is 2.20. The molecule has 0 atom stereocenters. The van der Waals surface area contributed by atoms with Gasteiger partial charge in [0.2, 0.25) is 0 Å². The molecule has 118 valence electrons. The molecular weight excluding hydrogens is 282 g/mol. The summed E-state index contributed by atoms with van der Waals surface area (Å²) in [5.74, 6) is -0.437. The zero-order valence-electron chi connectivity index (χ0n) is 12.4. The van der Waals surface area contributed by atoms with Crippen molar-refractivity contribution in [2.45, 2.75) is 39.2 Å². The van der Waals surface area contributed by atoms with Crippen molar-refractivity contribution in [3.8, 4) is 0 Å². The van der Waals surface area contributed by atoms with Gasteiger partial charge in [0.1, 0.15) is 0 Å². The van der Waals surface area contributed by atoms with Crippen LogP contribution in [-0.2, 0) is 19.7 Å². The van der Waals surface area contributed by atoms with Gasteiger partial charge in [-0.15, -0.1) is 0 Å². The highest BCUT2D eigenvalue weighted by atomic mass is 32.2. The number of ether oxygens (including phenoxy) is 1. The van der Waals surface area contributed by atoms with Crippen LogP contribution in [0.4, 0.5) is 0 Å². The van der Waals surface area contributed by atoms with Gasteiger partial charge in [0.25, 0.3) is 10.2 Å². The van der Waals surface area contributed by atoms with E-state index in [4.69, 9.17) is 10.5 Å². The molecule has 1 aliphatic rings. The third kappa shape index (κ3) is 5.35. The lowest BCUT2D eigenvalue weighted by molar-refractivity contribution is -0.149. The first-order valence-corrected chi connectivity index (χ1v) is 8.30. The van der Waals surface area contributed by atoms with Gasteiger partial charge in [0.05, 0.1) is 12.5 Å². The summed E-state index contributed by atoms with van der Waals surface area (Å²) in [5, 5.41) is 0. The monoisotopic (exact) mass is 307 g/mol. The molecule has 0 amide bonds. The van der Waals surface area contributed by atoms with Gasteiger partial charge in [0, 0.05) is 25.2 Å². The average Bonchev–Trinajstić information content (AvgIpc) is 2.36. The Morgan fingerprint density at radius 2 is 1.95 bits per heavy atom. The second kappa shape index (κ2) is 6.84. The zero-order valence-corrected chi connectivity index (χ0v) is 13.2. The van der Waals surface area contributed by atoms with Gasteiger partial charge >= 0.3 is 5.97 Å². The van der Waals surface area contributed by atoms with E-state index in [-0.39, 0.29) is 18.4 Å². The Hall–Kier alpha value is -0.700. The number of nitrogens with one attached hydrogen (secondary N) is 1. The van der Waals surface area contributed by atoms with Crippen molar-refractivity contribution in [2.75, 3.05) is 26.2 Å². The van der Waals surface area contributed by atoms with Gasteiger partial charge < -0.3 is 10.5 Å². The van der Waals surface area contributed by atoms with E-state index in [9.17, 15) is 13.2 Å². The average molecular weight is 307 g/mol. The Morgan fingerprint density at radius 3 is 2.40 bits per heavy atom. The van der Waals surface area contributed by atoms with Crippen LogP contribution in [0, 0.1) is 5.92 Å². The van der Waals surface area contributed by atoms with Crippen LogP contribution in [0.5, 0.6) is 0 Å². The van der Waals surface area contributed by atoms with Crippen molar-refractivity contribution in [2.24, 2.45) is 11.7 Å². The first kappa shape index (κ1) is 17.4. The molecule has 1 aliphatic heterocycles. The summed E-state index contributed by atoms with van der Waals surface area (Å²) < 4.78 is 33.0. The quantitative estimate of drug-likeness (QED) is 0.664. The molecule has 0 aromatic carbocycles. The predicted octanol–water partition coefficient (Wildman–Crippen LogP) is -0.167. The molecule has 0 aromatic rings. The summed E-state index contributed by atoms with van der Waals surface area (Å²) in [5.41, 5.74) is 5.16. The van der Waals surface area contributed by atoms with Gasteiger partial charge in [-0.3, -0.25) is 4.79 Å². The molecule has 0 bridgehead atoms. The van der Waals surface area contributed by atoms with Crippen molar-refractivity contribution >= 4 is 16.2 Å². The van der Waals surface area contributed by atoms with Crippen LogP contribution < -0.4 is 10.5 Å². The number of esters is 1. The van der Waals surface area contributed by atoms with E-state index in [1.54, 1.807) is 20.8 Å². The molecule has 8 heteroatoms. The highest BCUT2D eigenvalue weighted by Gasteiger charge is 2.32. The lowest BCUT2D eigenvalue weighted by Gasteiger charge is -2.31. The number of hydrogen-bond donors (Lipinski definition) is 2. The second-order valence-corrected chi connectivity index (χ2v) is 7.50. The minimum Gasteiger partial charge on any atom is -0.466 e. The molecule has 0 saturated carbocycles. The summed E-state index contributed by atoms with van der Waals surface area (Å²) >= 11 is 0. The van der Waals surface area contributed by atoms with Crippen LogP contribution in [-0.4, -0.2) is 50.5 Å². The molecule has 20 heavy (non-hydrogen) atoms. The van der Waals surface area contributed by atoms with Gasteiger partial charge in [-0.25, -0.2) is 4.72 Å². The summed E-state index contributed by atoms with van der Waals surface area (Å²) in [6.45, 7) is 6.44. The number of nitrogens with zero attached hydrogens (tertiary/aromatic N) is 1. The van der Waals surface area contributed by atoms with Gasteiger partial charge in [0.15, 0.2) is 0 Å². The van der Waals surface area contributed by atoms with E-state index in [1.165, 1.54) is 4.31 Å². The molecule has 1 fully saturated rings. The number of hydrogen-bond acceptors (Lipinski definition) is 5. The maximum atomic E-state index is 12.1. The van der Waals surface area contributed by atoms with E-state index in [0.29, 0.717) is 32.5 Å². The number of piperidine rings is 1. The summed E-state index contributed by atoms with van der Waals surface area (Å²) in [7, 11) is -3.53. The standard InChI is InChI=1S/C12H25N3O4S/c1-4-19-11(16)10-5-7-15(8-6-10)20(17,18)14-9-12(2,3)13/h10,14H,4-9,13H2,1-3H3. The SMILES string of the molecule is CCOC(=O)C1CCN(S(=O)(=O)NCC(C)(C)N)CC1. The van der Waals surface area contributed by atoms with Crippen molar-refractivity contribution < 1.29 is 17.9 Å². The first-order valence-electron chi connectivity index (χ1n) is 6.86. The Morgan fingerprint density at radius 1 is 1.40 bits per heavy atom. The molecule has 0 radical (unpaired) electrons. The normalized spacial score (nSPS) is 19.0. The summed E-state index contributed by atoms with van der Waals surface area (Å²) in [6, 6.07) is 0. The van der Waals surface area contributed by atoms with Gasteiger partial charge in [-0.05, 0) is 33.6 Å². The van der Waals surface area contributed by atoms with Crippen molar-refractivity contribution in [3.63, 3.8) is 0 Å². The highest BCUT2D eigenvalue weighted by molar-refractivity contribution is 7.87. The Kier molecular flexibility index (Phi) is 5.93. The van der Waals surface area contributed by atoms with Crippen LogP contribution in [0.2, 0.25) is 0 Å². The molecule has 1 heterocycles. The fourth-order valence-electron chi connectivity index (χ4n) is 1.96. The number of nitrogens with two attached hydrogens (primary N) is 1. The van der Waals surface area contributed by atoms with E-state index >= 15 is 0 Å². The maximum Gasteiger partial charge on any atom is 0.309 e. The van der Waals surface area contributed by atoms with Crippen LogP contribution in [0.25, 0.3) is 0 Å². The first-order chi connectivity index (χ1) is 9.15. The predicted molar refractivity (Wildman–Crippen MR) is 76.1 cm³/mol. The Balaban J connectivity index is 2.50. The van der Waals surface area contributed by atoms with Crippen molar-refractivity contribution in [1.82, 2.24) is 9.03 Å². The Bertz CT molecular complexity index is 422. The van der Waals surface area contributed by atoms with E-state index in [1.807, 2.05) is 0 Å². The molecule has 3 N–H and O–H groups in total. The van der Waals surface area contributed by atoms with Crippen molar-refractivity contribution in [1.29, 1.82) is 0 Å². The summed E-state index contributed by atoms with van der Waals surface area (Å²) in [6.07, 6.45) is 0.984. The number of carbonyl (C=O) groups excluding carboxylic acids is 1. The molecule has 0 aliphatic carbocycles. The minimum absolute atomic E-state index is 0.174. The minimum atomic E-state index is -3.53. The van der Waals surface area contributed by atoms with Crippen LogP contribution in [0.1, 0.15) is 33.6 Å². The molecule has 1 saturated heterocycles. The maximum absolute atomic E-state index is 12.1. The Labute approximate surface area is 121 Å². The number of carbonyl (C=O) groups is 1. The smallest absolute Gasteiger partial charge is 0.309 e. The van der Waals surface area contributed by atoms with E-state index in [0.717, 1.165) is 0 Å². The molecule has 7 nitrogen and oxygen atoms in total. The molecule has 1 rings (SSSR count). The largest absolute Gasteiger partial charge is 0.466 e. The van der Waals surface area contributed by atoms with Crippen molar-refractivity contribution in [3.05, 3.63) is 0 Å². The fourth-order valence-corrected chi connectivity index (χ4v) is 3.39. The molecule has 0 aromatic heterocycles. The third-order valence-corrected chi connectivity index (χ3v) is 4.68. The van der Waals surface area contributed by atoms with E-state index < -0.39 is 15.7 Å². The van der Waals surface area contributed by atoms with Crippen LogP contribution in [0.3, 0.4) is 0 Å². The summed E-state index contributed by atoms with van der Waals surface area (Å²) in [4.78, 5) is 11.6. The second-order valence-electron chi connectivity index (χ2n) is 5.74. The van der Waals surface area contributed by atoms with Gasteiger partial charge in [-0.1, -0.05) is 0 Å². The molecule has 0 spiro atoms. The number of rotatable bonds is 6.